The molecule has 3 rings (SSSR count). The Morgan fingerprint density at radius 1 is 1.28 bits per heavy atom. The molecular weight excluding hydrogens is 396 g/mol. The van der Waals surface area contributed by atoms with Crippen LogP contribution in [0.2, 0.25) is 0 Å². The van der Waals surface area contributed by atoms with Crippen molar-refractivity contribution in [2.75, 3.05) is 30.0 Å². The highest BCUT2D eigenvalue weighted by atomic mass is 32.2. The molecule has 2 atom stereocenters. The van der Waals surface area contributed by atoms with Gasteiger partial charge in [-0.25, -0.2) is 4.79 Å². The van der Waals surface area contributed by atoms with Crippen molar-refractivity contribution in [2.45, 2.75) is 44.9 Å². The van der Waals surface area contributed by atoms with Gasteiger partial charge < -0.3 is 15.0 Å². The summed E-state index contributed by atoms with van der Waals surface area (Å²) >= 11 is 1.70. The Morgan fingerprint density at radius 3 is 2.52 bits per heavy atom. The van der Waals surface area contributed by atoms with Crippen molar-refractivity contribution in [1.82, 2.24) is 9.80 Å². The Labute approximate surface area is 173 Å². The standard InChI is InChI=1S/C19H26N4O5S/c1-19(2,3)28-18(25)22-11-14(10-16(22)17(24)21-8-9-29-12-21)20-13-4-6-15(7-5-13)23(26)27/h4-7,14,16,20H,8-12H2,1-3H3/t14-,16-/m0/s1. The highest BCUT2D eigenvalue weighted by Crippen LogP contribution is 2.27. The van der Waals surface area contributed by atoms with Crippen LogP contribution in [0.3, 0.4) is 0 Å². The number of hydrogen-bond acceptors (Lipinski definition) is 7. The van der Waals surface area contributed by atoms with Crippen LogP contribution in [0.25, 0.3) is 0 Å². The number of non-ortho nitro benzene ring substituents is 1. The monoisotopic (exact) mass is 422 g/mol. The predicted molar refractivity (Wildman–Crippen MR) is 111 cm³/mol. The lowest BCUT2D eigenvalue weighted by Crippen LogP contribution is -2.48. The quantitative estimate of drug-likeness (QED) is 0.587. The molecule has 0 bridgehead atoms. The molecule has 0 radical (unpaired) electrons. The molecule has 2 fully saturated rings. The van der Waals surface area contributed by atoms with Gasteiger partial charge in [-0.05, 0) is 39.3 Å². The summed E-state index contributed by atoms with van der Waals surface area (Å²) < 4.78 is 5.51. The van der Waals surface area contributed by atoms with E-state index in [1.165, 1.54) is 17.0 Å². The number of likely N-dealkylation sites (tertiary alicyclic amines) is 1. The molecule has 158 valence electrons. The third-order valence-electron chi connectivity index (χ3n) is 4.73. The van der Waals surface area contributed by atoms with Gasteiger partial charge in [-0.15, -0.1) is 11.8 Å². The molecule has 0 saturated carbocycles. The molecule has 0 unspecified atom stereocenters. The molecule has 10 heteroatoms. The molecule has 2 aliphatic rings. The van der Waals surface area contributed by atoms with E-state index in [4.69, 9.17) is 4.74 Å². The van der Waals surface area contributed by atoms with Gasteiger partial charge >= 0.3 is 6.09 Å². The number of carbonyl (C=O) groups excluding carboxylic acids is 2. The minimum absolute atomic E-state index is 0.0111. The van der Waals surface area contributed by atoms with Gasteiger partial charge in [0.05, 0.1) is 10.8 Å². The van der Waals surface area contributed by atoms with Crippen LogP contribution in [0.1, 0.15) is 27.2 Å². The first-order chi connectivity index (χ1) is 13.6. The number of nitro groups is 1. The highest BCUT2D eigenvalue weighted by molar-refractivity contribution is 7.99. The Balaban J connectivity index is 1.73. The molecule has 2 heterocycles. The van der Waals surface area contributed by atoms with Crippen molar-refractivity contribution < 1.29 is 19.2 Å². The number of nitro benzene ring substituents is 1. The second-order valence-corrected chi connectivity index (χ2v) is 9.24. The molecule has 2 amide bonds. The fourth-order valence-electron chi connectivity index (χ4n) is 3.41. The zero-order chi connectivity index (χ0) is 21.2. The second kappa shape index (κ2) is 8.48. The molecule has 0 aromatic heterocycles. The van der Waals surface area contributed by atoms with E-state index in [1.807, 2.05) is 0 Å². The largest absolute Gasteiger partial charge is 0.444 e. The summed E-state index contributed by atoms with van der Waals surface area (Å²) in [5.41, 5.74) is 0.0597. The molecule has 29 heavy (non-hydrogen) atoms. The van der Waals surface area contributed by atoms with E-state index in [0.29, 0.717) is 31.1 Å². The number of nitrogens with zero attached hydrogens (tertiary/aromatic N) is 3. The molecule has 1 aromatic carbocycles. The van der Waals surface area contributed by atoms with Crippen LogP contribution < -0.4 is 5.32 Å². The normalized spacial score (nSPS) is 21.9. The fraction of sp³-hybridized carbons (Fsp3) is 0.579. The zero-order valence-corrected chi connectivity index (χ0v) is 17.6. The summed E-state index contributed by atoms with van der Waals surface area (Å²) in [5.74, 6) is 1.47. The number of ether oxygens (including phenoxy) is 1. The van der Waals surface area contributed by atoms with Crippen LogP contribution in [0, 0.1) is 10.1 Å². The lowest BCUT2D eigenvalue weighted by molar-refractivity contribution is -0.384. The van der Waals surface area contributed by atoms with E-state index in [9.17, 15) is 19.7 Å². The first-order valence-electron chi connectivity index (χ1n) is 9.51. The number of carbonyl (C=O) groups is 2. The van der Waals surface area contributed by atoms with Crippen LogP contribution in [-0.4, -0.2) is 69.1 Å². The van der Waals surface area contributed by atoms with Gasteiger partial charge in [0.25, 0.3) is 5.69 Å². The molecule has 2 saturated heterocycles. The van der Waals surface area contributed by atoms with Crippen molar-refractivity contribution in [3.05, 3.63) is 34.4 Å². The molecular formula is C19H26N4O5S. The third kappa shape index (κ3) is 5.31. The summed E-state index contributed by atoms with van der Waals surface area (Å²) in [6.07, 6.45) is -0.0494. The molecule has 1 N–H and O–H groups in total. The summed E-state index contributed by atoms with van der Waals surface area (Å²) in [6.45, 7) is 6.39. The second-order valence-electron chi connectivity index (χ2n) is 8.17. The van der Waals surface area contributed by atoms with E-state index in [1.54, 1.807) is 49.6 Å². The van der Waals surface area contributed by atoms with E-state index in [2.05, 4.69) is 5.32 Å². The van der Waals surface area contributed by atoms with Crippen molar-refractivity contribution in [2.24, 2.45) is 0 Å². The molecule has 0 aliphatic carbocycles. The topological polar surface area (TPSA) is 105 Å². The van der Waals surface area contributed by atoms with E-state index < -0.39 is 22.7 Å². The number of rotatable bonds is 4. The van der Waals surface area contributed by atoms with Crippen LogP contribution in [-0.2, 0) is 9.53 Å². The first kappa shape index (κ1) is 21.2. The van der Waals surface area contributed by atoms with Crippen molar-refractivity contribution in [3.8, 4) is 0 Å². The molecule has 9 nitrogen and oxygen atoms in total. The minimum Gasteiger partial charge on any atom is -0.444 e. The van der Waals surface area contributed by atoms with Gasteiger partial charge in [-0.3, -0.25) is 19.8 Å². The Bertz CT molecular complexity index is 774. The van der Waals surface area contributed by atoms with Crippen molar-refractivity contribution >= 4 is 35.1 Å². The van der Waals surface area contributed by atoms with Crippen LogP contribution in [0.15, 0.2) is 24.3 Å². The smallest absolute Gasteiger partial charge is 0.411 e. The lowest BCUT2D eigenvalue weighted by atomic mass is 10.1. The number of nitrogens with one attached hydrogen (secondary N) is 1. The maximum absolute atomic E-state index is 13.0. The van der Waals surface area contributed by atoms with Gasteiger partial charge in [0.2, 0.25) is 5.91 Å². The number of thioether (sulfide) groups is 1. The van der Waals surface area contributed by atoms with E-state index in [-0.39, 0.29) is 17.6 Å². The van der Waals surface area contributed by atoms with Gasteiger partial charge in [-0.2, -0.15) is 0 Å². The van der Waals surface area contributed by atoms with Crippen molar-refractivity contribution in [3.63, 3.8) is 0 Å². The number of hydrogen-bond donors (Lipinski definition) is 1. The minimum atomic E-state index is -0.655. The zero-order valence-electron chi connectivity index (χ0n) is 16.8. The number of anilines is 1. The lowest BCUT2D eigenvalue weighted by Gasteiger charge is -2.29. The SMILES string of the molecule is CC(C)(C)OC(=O)N1C[C@@H](Nc2ccc([N+](=O)[O-])cc2)C[C@H]1C(=O)N1CCSC1. The first-order valence-corrected chi connectivity index (χ1v) is 10.7. The summed E-state index contributed by atoms with van der Waals surface area (Å²) in [6, 6.07) is 5.36. The summed E-state index contributed by atoms with van der Waals surface area (Å²) in [5, 5.41) is 14.1. The number of amides is 2. The average Bonchev–Trinajstić information content (AvgIpc) is 3.30. The fourth-order valence-corrected chi connectivity index (χ4v) is 4.37. The highest BCUT2D eigenvalue weighted by Gasteiger charge is 2.43. The van der Waals surface area contributed by atoms with Crippen LogP contribution >= 0.6 is 11.8 Å². The predicted octanol–water partition coefficient (Wildman–Crippen LogP) is 2.92. The van der Waals surface area contributed by atoms with Crippen molar-refractivity contribution in [1.29, 1.82) is 0 Å². The number of benzene rings is 1. The molecule has 0 spiro atoms. The maximum Gasteiger partial charge on any atom is 0.411 e. The average molecular weight is 423 g/mol. The Kier molecular flexibility index (Phi) is 6.21. The third-order valence-corrected chi connectivity index (χ3v) is 5.69. The Morgan fingerprint density at radius 2 is 1.97 bits per heavy atom. The van der Waals surface area contributed by atoms with Crippen LogP contribution in [0.4, 0.5) is 16.2 Å². The van der Waals surface area contributed by atoms with E-state index in [0.717, 1.165) is 5.75 Å². The van der Waals surface area contributed by atoms with Crippen LogP contribution in [0.5, 0.6) is 0 Å². The van der Waals surface area contributed by atoms with Gasteiger partial charge in [0.1, 0.15) is 11.6 Å². The van der Waals surface area contributed by atoms with E-state index >= 15 is 0 Å². The van der Waals surface area contributed by atoms with Gasteiger partial charge in [0, 0.05) is 42.7 Å². The summed E-state index contributed by atoms with van der Waals surface area (Å²) in [7, 11) is 0. The Hall–Kier alpha value is -2.49. The maximum atomic E-state index is 13.0. The molecule has 2 aliphatic heterocycles. The van der Waals surface area contributed by atoms with Gasteiger partial charge in [-0.1, -0.05) is 0 Å². The molecule has 1 aromatic rings. The van der Waals surface area contributed by atoms with Gasteiger partial charge in [0.15, 0.2) is 0 Å². The summed E-state index contributed by atoms with van der Waals surface area (Å²) in [4.78, 5) is 39.4.